The molecule has 0 spiro atoms. The first-order chi connectivity index (χ1) is 7.38. The lowest BCUT2D eigenvalue weighted by Crippen LogP contribution is -2.09. The van der Waals surface area contributed by atoms with Crippen LogP contribution in [0.2, 0.25) is 0 Å². The van der Waals surface area contributed by atoms with E-state index in [0.717, 1.165) is 24.8 Å². The first kappa shape index (κ1) is 13.9. The van der Waals surface area contributed by atoms with E-state index in [-0.39, 0.29) is 0 Å². The molecule has 0 fully saturated rings. The van der Waals surface area contributed by atoms with E-state index in [1.165, 1.54) is 5.56 Å². The number of rotatable bonds is 0. The molecule has 1 aliphatic rings. The Morgan fingerprint density at radius 2 is 1.53 bits per heavy atom. The summed E-state index contributed by atoms with van der Waals surface area (Å²) in [6.45, 7) is 8.00. The molecule has 1 nitrogen and oxygen atoms in total. The summed E-state index contributed by atoms with van der Waals surface area (Å²) in [7, 11) is 0. The average Bonchev–Trinajstić information content (AvgIpc) is 2.35. The smallest absolute Gasteiger partial charge is 0.163 e. The maximum absolute atomic E-state index is 11.3. The number of Topliss-reactive ketones (excluding diaryl/α,β-unsaturated/α-hetero) is 1. The highest BCUT2D eigenvalue weighted by Crippen LogP contribution is 2.19. The van der Waals surface area contributed by atoms with Crippen LogP contribution in [0, 0.1) is 0 Å². The summed E-state index contributed by atoms with van der Waals surface area (Å²) in [6.07, 6.45) is 2.83. The van der Waals surface area contributed by atoms with Crippen LogP contribution in [0.5, 0.6) is 0 Å². The quantitative estimate of drug-likeness (QED) is 0.620. The van der Waals surface area contributed by atoms with Crippen molar-refractivity contribution in [1.82, 2.24) is 0 Å². The van der Waals surface area contributed by atoms with Gasteiger partial charge in [-0.15, -0.1) is 0 Å². The monoisotopic (exact) mass is 206 g/mol. The molecule has 15 heavy (non-hydrogen) atoms. The molecule has 0 unspecified atom stereocenters. The third kappa shape index (κ3) is 3.86. The number of hydrogen-bond acceptors (Lipinski definition) is 1. The SMILES string of the molecule is CC.CC.O=C1CCCc2ccccc21. The van der Waals surface area contributed by atoms with E-state index < -0.39 is 0 Å². The molecule has 0 heterocycles. The fraction of sp³-hybridized carbons (Fsp3) is 0.500. The highest BCUT2D eigenvalue weighted by atomic mass is 16.1. The largest absolute Gasteiger partial charge is 0.294 e. The Bertz CT molecular complexity index is 289. The van der Waals surface area contributed by atoms with Crippen LogP contribution in [-0.2, 0) is 6.42 Å². The normalized spacial score (nSPS) is 12.7. The van der Waals surface area contributed by atoms with Crippen molar-refractivity contribution in [3.63, 3.8) is 0 Å². The number of carbonyl (C=O) groups is 1. The third-order valence-corrected chi connectivity index (χ3v) is 2.17. The highest BCUT2D eigenvalue weighted by molar-refractivity contribution is 5.98. The number of aryl methyl sites for hydroxylation is 1. The Kier molecular flexibility index (Phi) is 7.61. The molecule has 2 rings (SSSR count). The zero-order chi connectivity index (χ0) is 11.7. The molecule has 0 aromatic heterocycles. The van der Waals surface area contributed by atoms with Gasteiger partial charge in [0.1, 0.15) is 0 Å². The van der Waals surface area contributed by atoms with Crippen LogP contribution < -0.4 is 0 Å². The summed E-state index contributed by atoms with van der Waals surface area (Å²) < 4.78 is 0. The van der Waals surface area contributed by atoms with E-state index in [0.29, 0.717) is 5.78 Å². The number of hydrogen-bond donors (Lipinski definition) is 0. The molecule has 0 saturated heterocycles. The van der Waals surface area contributed by atoms with Gasteiger partial charge in [-0.1, -0.05) is 52.0 Å². The number of benzene rings is 1. The molecule has 0 atom stereocenters. The Balaban J connectivity index is 0.000000442. The van der Waals surface area contributed by atoms with Crippen LogP contribution in [0.15, 0.2) is 24.3 Å². The summed E-state index contributed by atoms with van der Waals surface area (Å²) >= 11 is 0. The standard InChI is InChI=1S/C10H10O.2C2H6/c11-10-7-3-5-8-4-1-2-6-9(8)10;2*1-2/h1-2,4,6H,3,5,7H2;2*1-2H3. The van der Waals surface area contributed by atoms with Crippen LogP contribution in [0.1, 0.15) is 56.5 Å². The second-order valence-corrected chi connectivity index (χ2v) is 2.93. The van der Waals surface area contributed by atoms with Gasteiger partial charge in [-0.05, 0) is 18.4 Å². The summed E-state index contributed by atoms with van der Waals surface area (Å²) in [5, 5.41) is 0. The van der Waals surface area contributed by atoms with Gasteiger partial charge in [0.25, 0.3) is 0 Å². The van der Waals surface area contributed by atoms with Crippen molar-refractivity contribution in [3.8, 4) is 0 Å². The number of carbonyl (C=O) groups excluding carboxylic acids is 1. The molecule has 1 aromatic carbocycles. The topological polar surface area (TPSA) is 17.1 Å². The van der Waals surface area contributed by atoms with Gasteiger partial charge < -0.3 is 0 Å². The molecule has 84 valence electrons. The van der Waals surface area contributed by atoms with Crippen LogP contribution in [0.3, 0.4) is 0 Å². The van der Waals surface area contributed by atoms with Gasteiger partial charge in [-0.3, -0.25) is 4.79 Å². The number of fused-ring (bicyclic) bond motifs is 1. The first-order valence-electron chi connectivity index (χ1n) is 5.99. The summed E-state index contributed by atoms with van der Waals surface area (Å²) in [4.78, 5) is 11.3. The minimum atomic E-state index is 0.312. The van der Waals surface area contributed by atoms with Crippen molar-refractivity contribution in [2.45, 2.75) is 47.0 Å². The lowest BCUT2D eigenvalue weighted by Gasteiger charge is -2.12. The van der Waals surface area contributed by atoms with Crippen LogP contribution in [0.4, 0.5) is 0 Å². The van der Waals surface area contributed by atoms with Gasteiger partial charge in [0, 0.05) is 12.0 Å². The van der Waals surface area contributed by atoms with E-state index in [9.17, 15) is 4.79 Å². The molecule has 0 aliphatic heterocycles. The van der Waals surface area contributed by atoms with E-state index in [1.54, 1.807) is 0 Å². The van der Waals surface area contributed by atoms with Crippen molar-refractivity contribution in [2.24, 2.45) is 0 Å². The Labute approximate surface area is 93.5 Å². The van der Waals surface area contributed by atoms with Gasteiger partial charge in [-0.2, -0.15) is 0 Å². The molecule has 0 amide bonds. The third-order valence-electron chi connectivity index (χ3n) is 2.17. The van der Waals surface area contributed by atoms with Crippen molar-refractivity contribution in [2.75, 3.05) is 0 Å². The molecule has 0 bridgehead atoms. The lowest BCUT2D eigenvalue weighted by atomic mass is 9.91. The highest BCUT2D eigenvalue weighted by Gasteiger charge is 2.14. The second kappa shape index (κ2) is 8.22. The van der Waals surface area contributed by atoms with Gasteiger partial charge in [0.2, 0.25) is 0 Å². The molecule has 0 radical (unpaired) electrons. The molecule has 1 aromatic rings. The summed E-state index contributed by atoms with van der Waals surface area (Å²) in [5.41, 5.74) is 2.17. The zero-order valence-corrected chi connectivity index (χ0v) is 10.3. The van der Waals surface area contributed by atoms with Crippen molar-refractivity contribution < 1.29 is 4.79 Å². The second-order valence-electron chi connectivity index (χ2n) is 2.93. The Morgan fingerprint density at radius 3 is 2.13 bits per heavy atom. The fourth-order valence-corrected chi connectivity index (χ4v) is 1.58. The zero-order valence-electron chi connectivity index (χ0n) is 10.3. The Morgan fingerprint density at radius 1 is 0.933 bits per heavy atom. The van der Waals surface area contributed by atoms with E-state index in [2.05, 4.69) is 0 Å². The Hall–Kier alpha value is -1.11. The lowest BCUT2D eigenvalue weighted by molar-refractivity contribution is 0.0972. The maximum atomic E-state index is 11.3. The van der Waals surface area contributed by atoms with Gasteiger partial charge in [0.05, 0.1) is 0 Å². The molecule has 0 N–H and O–H groups in total. The summed E-state index contributed by atoms with van der Waals surface area (Å²) in [6, 6.07) is 7.91. The predicted octanol–water partition coefficient (Wildman–Crippen LogP) is 4.26. The molecule has 0 saturated carbocycles. The van der Waals surface area contributed by atoms with E-state index in [1.807, 2.05) is 52.0 Å². The maximum Gasteiger partial charge on any atom is 0.163 e. The molecular weight excluding hydrogens is 184 g/mol. The average molecular weight is 206 g/mol. The van der Waals surface area contributed by atoms with Crippen LogP contribution in [-0.4, -0.2) is 5.78 Å². The molecule has 1 aliphatic carbocycles. The predicted molar refractivity (Wildman–Crippen MR) is 66.4 cm³/mol. The van der Waals surface area contributed by atoms with Crippen molar-refractivity contribution in [3.05, 3.63) is 35.4 Å². The first-order valence-corrected chi connectivity index (χ1v) is 5.99. The van der Waals surface area contributed by atoms with Crippen LogP contribution in [0.25, 0.3) is 0 Å². The fourth-order valence-electron chi connectivity index (χ4n) is 1.58. The molecule has 1 heteroatoms. The van der Waals surface area contributed by atoms with E-state index >= 15 is 0 Å². The van der Waals surface area contributed by atoms with Crippen molar-refractivity contribution >= 4 is 5.78 Å². The van der Waals surface area contributed by atoms with Gasteiger partial charge in [0.15, 0.2) is 5.78 Å². The number of ketones is 1. The van der Waals surface area contributed by atoms with Gasteiger partial charge >= 0.3 is 0 Å². The van der Waals surface area contributed by atoms with Gasteiger partial charge in [-0.25, -0.2) is 0 Å². The van der Waals surface area contributed by atoms with E-state index in [4.69, 9.17) is 0 Å². The minimum absolute atomic E-state index is 0.312. The van der Waals surface area contributed by atoms with Crippen LogP contribution >= 0.6 is 0 Å². The minimum Gasteiger partial charge on any atom is -0.294 e. The van der Waals surface area contributed by atoms with Crippen molar-refractivity contribution in [1.29, 1.82) is 0 Å². The summed E-state index contributed by atoms with van der Waals surface area (Å²) in [5.74, 6) is 0.312. The molecular formula is C14H22O.